The predicted molar refractivity (Wildman–Crippen MR) is 69.3 cm³/mol. The molecule has 82 valence electrons. The van der Waals surface area contributed by atoms with Gasteiger partial charge >= 0.3 is 0 Å². The maximum atomic E-state index is 11.8. The van der Waals surface area contributed by atoms with Crippen LogP contribution in [-0.2, 0) is 4.74 Å². The molecule has 0 N–H and O–H groups in total. The summed E-state index contributed by atoms with van der Waals surface area (Å²) < 4.78 is 6.00. The number of carbonyl (C=O) groups excluding carboxylic acids is 1. The Labute approximate surface area is 104 Å². The Morgan fingerprint density at radius 1 is 1.47 bits per heavy atom. The summed E-state index contributed by atoms with van der Waals surface area (Å²) in [5, 5.41) is 0. The van der Waals surface area contributed by atoms with Gasteiger partial charge in [-0.25, -0.2) is 0 Å². The number of rotatable bonds is 5. The van der Waals surface area contributed by atoms with Crippen molar-refractivity contribution in [1.29, 1.82) is 0 Å². The van der Waals surface area contributed by atoms with E-state index in [-0.39, 0.29) is 5.78 Å². The Bertz CT molecular complexity index is 347. The highest BCUT2D eigenvalue weighted by atomic mass is 127. The summed E-state index contributed by atoms with van der Waals surface area (Å²) in [6.07, 6.45) is 1.35. The van der Waals surface area contributed by atoms with Crippen LogP contribution in [0.2, 0.25) is 0 Å². The van der Waals surface area contributed by atoms with E-state index in [1.807, 2.05) is 25.1 Å². The van der Waals surface area contributed by atoms with Gasteiger partial charge in [0.15, 0.2) is 5.78 Å². The van der Waals surface area contributed by atoms with E-state index >= 15 is 0 Å². The fourth-order valence-corrected chi connectivity index (χ4v) is 2.03. The van der Waals surface area contributed by atoms with Crippen molar-refractivity contribution in [3.63, 3.8) is 0 Å². The number of methoxy groups -OCH3 is 1. The fourth-order valence-electron chi connectivity index (χ4n) is 1.37. The van der Waals surface area contributed by atoms with E-state index < -0.39 is 0 Å². The van der Waals surface area contributed by atoms with Gasteiger partial charge in [0, 0.05) is 29.3 Å². The number of ether oxygens (including phenoxy) is 1. The highest BCUT2D eigenvalue weighted by Gasteiger charge is 2.10. The maximum Gasteiger partial charge on any atom is 0.164 e. The van der Waals surface area contributed by atoms with E-state index in [1.165, 1.54) is 0 Å². The highest BCUT2D eigenvalue weighted by molar-refractivity contribution is 14.1. The minimum atomic E-state index is 0.208. The number of carbonyl (C=O) groups is 1. The standard InChI is InChI=1S/C12H15IO2/c1-9-5-3-6-10(12(9)13)11(14)7-4-8-15-2/h3,5-6H,4,7-8H2,1-2H3. The predicted octanol–water partition coefficient (Wildman–Crippen LogP) is 3.21. The Morgan fingerprint density at radius 3 is 2.87 bits per heavy atom. The molecule has 0 spiro atoms. The first-order valence-corrected chi connectivity index (χ1v) is 6.02. The first kappa shape index (κ1) is 12.6. The highest BCUT2D eigenvalue weighted by Crippen LogP contribution is 2.18. The molecular formula is C12H15IO2. The van der Waals surface area contributed by atoms with Crippen LogP contribution < -0.4 is 0 Å². The van der Waals surface area contributed by atoms with Gasteiger partial charge in [0.2, 0.25) is 0 Å². The van der Waals surface area contributed by atoms with Crippen LogP contribution in [0.25, 0.3) is 0 Å². The molecule has 0 saturated carbocycles. The zero-order valence-corrected chi connectivity index (χ0v) is 11.2. The summed E-state index contributed by atoms with van der Waals surface area (Å²) in [4.78, 5) is 11.8. The van der Waals surface area contributed by atoms with Gasteiger partial charge in [-0.3, -0.25) is 4.79 Å². The van der Waals surface area contributed by atoms with Gasteiger partial charge in [-0.05, 0) is 41.5 Å². The van der Waals surface area contributed by atoms with Crippen LogP contribution in [0.4, 0.5) is 0 Å². The molecule has 1 rings (SSSR count). The second kappa shape index (κ2) is 6.23. The average Bonchev–Trinajstić information content (AvgIpc) is 2.22. The summed E-state index contributed by atoms with van der Waals surface area (Å²) in [5.41, 5.74) is 2.00. The van der Waals surface area contributed by atoms with Crippen LogP contribution >= 0.6 is 22.6 Å². The Balaban J connectivity index is 2.69. The first-order chi connectivity index (χ1) is 7.16. The van der Waals surface area contributed by atoms with Crippen LogP contribution in [0.5, 0.6) is 0 Å². The SMILES string of the molecule is COCCCC(=O)c1cccc(C)c1I. The minimum absolute atomic E-state index is 0.208. The second-order valence-corrected chi connectivity index (χ2v) is 4.53. The normalized spacial score (nSPS) is 10.3. The summed E-state index contributed by atoms with van der Waals surface area (Å²) in [6.45, 7) is 2.67. The zero-order chi connectivity index (χ0) is 11.3. The molecule has 0 saturated heterocycles. The molecule has 1 aromatic rings. The van der Waals surface area contributed by atoms with Crippen molar-refractivity contribution in [2.24, 2.45) is 0 Å². The molecule has 15 heavy (non-hydrogen) atoms. The topological polar surface area (TPSA) is 26.3 Å². The van der Waals surface area contributed by atoms with E-state index in [4.69, 9.17) is 4.74 Å². The molecule has 0 aliphatic rings. The van der Waals surface area contributed by atoms with Crippen LogP contribution in [0.15, 0.2) is 18.2 Å². The van der Waals surface area contributed by atoms with Crippen molar-refractivity contribution >= 4 is 28.4 Å². The van der Waals surface area contributed by atoms with Crippen LogP contribution in [0, 0.1) is 10.5 Å². The third kappa shape index (κ3) is 3.57. The smallest absolute Gasteiger partial charge is 0.164 e. The van der Waals surface area contributed by atoms with Crippen molar-refractivity contribution in [3.8, 4) is 0 Å². The van der Waals surface area contributed by atoms with Gasteiger partial charge < -0.3 is 4.74 Å². The quantitative estimate of drug-likeness (QED) is 0.473. The molecular weight excluding hydrogens is 303 g/mol. The maximum absolute atomic E-state index is 11.8. The lowest BCUT2D eigenvalue weighted by atomic mass is 10.0. The number of hydrogen-bond donors (Lipinski definition) is 0. The molecule has 0 radical (unpaired) electrons. The van der Waals surface area contributed by atoms with Gasteiger partial charge in [0.1, 0.15) is 0 Å². The summed E-state index contributed by atoms with van der Waals surface area (Å²) in [6, 6.07) is 5.85. The van der Waals surface area contributed by atoms with E-state index in [0.717, 1.165) is 21.1 Å². The van der Waals surface area contributed by atoms with Crippen molar-refractivity contribution in [2.75, 3.05) is 13.7 Å². The van der Waals surface area contributed by atoms with Crippen molar-refractivity contribution in [3.05, 3.63) is 32.9 Å². The average molecular weight is 318 g/mol. The Morgan fingerprint density at radius 2 is 2.20 bits per heavy atom. The molecule has 0 aliphatic carbocycles. The number of halogens is 1. The third-order valence-electron chi connectivity index (χ3n) is 2.24. The monoisotopic (exact) mass is 318 g/mol. The summed E-state index contributed by atoms with van der Waals surface area (Å²) in [7, 11) is 1.65. The van der Waals surface area contributed by atoms with Crippen LogP contribution in [-0.4, -0.2) is 19.5 Å². The first-order valence-electron chi connectivity index (χ1n) is 4.94. The molecule has 0 aromatic heterocycles. The molecule has 0 aliphatic heterocycles. The van der Waals surface area contributed by atoms with Gasteiger partial charge in [0.05, 0.1) is 0 Å². The van der Waals surface area contributed by atoms with E-state index in [2.05, 4.69) is 22.6 Å². The van der Waals surface area contributed by atoms with E-state index in [0.29, 0.717) is 13.0 Å². The summed E-state index contributed by atoms with van der Waals surface area (Å²) in [5.74, 6) is 0.208. The van der Waals surface area contributed by atoms with Gasteiger partial charge in [-0.1, -0.05) is 18.2 Å². The lowest BCUT2D eigenvalue weighted by molar-refractivity contribution is 0.0962. The second-order valence-electron chi connectivity index (χ2n) is 3.46. The largest absolute Gasteiger partial charge is 0.385 e. The summed E-state index contributed by atoms with van der Waals surface area (Å²) >= 11 is 2.23. The Kier molecular flexibility index (Phi) is 5.25. The number of hydrogen-bond acceptors (Lipinski definition) is 2. The van der Waals surface area contributed by atoms with Gasteiger partial charge in [-0.2, -0.15) is 0 Å². The fraction of sp³-hybridized carbons (Fsp3) is 0.417. The Hall–Kier alpha value is -0.420. The molecule has 2 nitrogen and oxygen atoms in total. The van der Waals surface area contributed by atoms with Gasteiger partial charge in [0.25, 0.3) is 0 Å². The lowest BCUT2D eigenvalue weighted by Crippen LogP contribution is -2.04. The van der Waals surface area contributed by atoms with Crippen molar-refractivity contribution in [1.82, 2.24) is 0 Å². The molecule has 0 heterocycles. The molecule has 0 fully saturated rings. The number of ketones is 1. The van der Waals surface area contributed by atoms with E-state index in [1.54, 1.807) is 7.11 Å². The zero-order valence-electron chi connectivity index (χ0n) is 9.05. The molecule has 0 amide bonds. The number of benzene rings is 1. The minimum Gasteiger partial charge on any atom is -0.385 e. The van der Waals surface area contributed by atoms with E-state index in [9.17, 15) is 4.79 Å². The number of aryl methyl sites for hydroxylation is 1. The third-order valence-corrected chi connectivity index (χ3v) is 3.68. The molecule has 1 aromatic carbocycles. The van der Waals surface area contributed by atoms with Crippen molar-refractivity contribution < 1.29 is 9.53 Å². The molecule has 0 unspecified atom stereocenters. The molecule has 3 heteroatoms. The molecule has 0 atom stereocenters. The van der Waals surface area contributed by atoms with Crippen LogP contribution in [0.1, 0.15) is 28.8 Å². The van der Waals surface area contributed by atoms with Crippen LogP contribution in [0.3, 0.4) is 0 Å². The number of Topliss-reactive ketones (excluding diaryl/α,β-unsaturated/α-hetero) is 1. The lowest BCUT2D eigenvalue weighted by Gasteiger charge is -2.05. The van der Waals surface area contributed by atoms with Crippen molar-refractivity contribution in [2.45, 2.75) is 19.8 Å². The molecule has 0 bridgehead atoms. The van der Waals surface area contributed by atoms with Gasteiger partial charge in [-0.15, -0.1) is 0 Å².